The first-order chi connectivity index (χ1) is 6.66. The van der Waals surface area contributed by atoms with Crippen LogP contribution in [-0.2, 0) is 21.3 Å². The molecule has 2 aliphatic rings. The molecule has 2 aliphatic carbocycles. The van der Waals surface area contributed by atoms with Gasteiger partial charge in [-0.1, -0.05) is 0 Å². The van der Waals surface area contributed by atoms with E-state index < -0.39 is 21.3 Å². The first-order valence-corrected chi connectivity index (χ1v) is 9.30. The molecule has 1 heteroatoms. The van der Waals surface area contributed by atoms with Gasteiger partial charge in [0.15, 0.2) is 0 Å². The van der Waals surface area contributed by atoms with Crippen molar-refractivity contribution in [1.82, 2.24) is 0 Å². The predicted octanol–water partition coefficient (Wildman–Crippen LogP) is 3.50. The summed E-state index contributed by atoms with van der Waals surface area (Å²) < 4.78 is 7.80. The van der Waals surface area contributed by atoms with Crippen molar-refractivity contribution < 1.29 is 21.3 Å². The minimum atomic E-state index is -1.60. The molecule has 0 aromatic heterocycles. The van der Waals surface area contributed by atoms with Crippen molar-refractivity contribution in [2.45, 2.75) is 26.7 Å². The summed E-state index contributed by atoms with van der Waals surface area (Å²) in [6, 6.07) is 0. The van der Waals surface area contributed by atoms with Crippen LogP contribution in [0.5, 0.6) is 0 Å². The quantitative estimate of drug-likeness (QED) is 0.715. The molecule has 0 aromatic rings. The summed E-state index contributed by atoms with van der Waals surface area (Å²) in [5, 5.41) is 0. The summed E-state index contributed by atoms with van der Waals surface area (Å²) in [6.45, 7) is 4.41. The zero-order valence-corrected chi connectivity index (χ0v) is 11.4. The Morgan fingerprint density at radius 2 is 2.00 bits per heavy atom. The zero-order chi connectivity index (χ0) is 10.1. The van der Waals surface area contributed by atoms with Gasteiger partial charge in [0, 0.05) is 0 Å². The van der Waals surface area contributed by atoms with E-state index >= 15 is 0 Å². The Hall–Kier alpha value is -0.287. The van der Waals surface area contributed by atoms with Crippen molar-refractivity contribution in [3.8, 4) is 0 Å². The normalized spacial score (nSPS) is 20.1. The van der Waals surface area contributed by atoms with Crippen LogP contribution in [0, 0.1) is 0 Å². The van der Waals surface area contributed by atoms with Crippen LogP contribution in [0.1, 0.15) is 26.7 Å². The fourth-order valence-electron chi connectivity index (χ4n) is 1.95. The molecule has 14 heavy (non-hydrogen) atoms. The minimum absolute atomic E-state index is 1.18. The van der Waals surface area contributed by atoms with Crippen LogP contribution in [0.4, 0.5) is 0 Å². The first kappa shape index (κ1) is 10.2. The Bertz CT molecular complexity index is 403. The molecule has 0 radical (unpaired) electrons. The summed E-state index contributed by atoms with van der Waals surface area (Å²) in [7, 11) is 0. The van der Waals surface area contributed by atoms with Crippen LogP contribution in [0.2, 0.25) is 0 Å². The summed E-state index contributed by atoms with van der Waals surface area (Å²) in [5.41, 5.74) is 2.94. The molecule has 0 aliphatic heterocycles. The van der Waals surface area contributed by atoms with Gasteiger partial charge in [-0.15, -0.1) is 0 Å². The van der Waals surface area contributed by atoms with E-state index in [2.05, 4.69) is 42.4 Å². The van der Waals surface area contributed by atoms with Crippen molar-refractivity contribution in [3.05, 3.63) is 42.0 Å². The fourth-order valence-corrected chi connectivity index (χ4v) is 6.72. The van der Waals surface area contributed by atoms with E-state index in [1.165, 1.54) is 24.0 Å². The molecule has 0 bridgehead atoms. The van der Waals surface area contributed by atoms with Gasteiger partial charge in [-0.25, -0.2) is 0 Å². The molecule has 72 valence electrons. The predicted molar refractivity (Wildman–Crippen MR) is 60.0 cm³/mol. The average molecular weight is 263 g/mol. The molecular weight excluding hydrogens is 247 g/mol. The third-order valence-corrected chi connectivity index (χ3v) is 8.37. The maximum atomic E-state index is 4.46. The van der Waals surface area contributed by atoms with Crippen LogP contribution in [-0.4, -0.2) is 4.21 Å². The second kappa shape index (κ2) is 4.07. The summed E-state index contributed by atoms with van der Waals surface area (Å²) in [4.78, 5) is 0. The molecule has 0 saturated carbocycles. The van der Waals surface area contributed by atoms with Gasteiger partial charge in [0.1, 0.15) is 0 Å². The Kier molecular flexibility index (Phi) is 2.97. The number of rotatable bonds is 2. The molecule has 0 fully saturated rings. The van der Waals surface area contributed by atoms with E-state index in [0.717, 1.165) is 0 Å². The zero-order valence-electron chi connectivity index (χ0n) is 8.93. The van der Waals surface area contributed by atoms with Gasteiger partial charge in [0.25, 0.3) is 0 Å². The maximum absolute atomic E-state index is 4.46. The molecule has 0 spiro atoms. The van der Waals surface area contributed by atoms with Crippen LogP contribution in [0.15, 0.2) is 42.0 Å². The van der Waals surface area contributed by atoms with E-state index in [9.17, 15) is 0 Å². The fraction of sp³-hybridized carbons (Fsp3) is 0.308. The topological polar surface area (TPSA) is 0 Å². The SMILES string of the molecule is [CH2]=[Zr]([C]1=CC(C)=CC1)[C]1=CC=C(C)C1. The van der Waals surface area contributed by atoms with Crippen LogP contribution in [0.3, 0.4) is 0 Å². The number of allylic oxidation sites excluding steroid dienone is 8. The first-order valence-electron chi connectivity index (χ1n) is 5.10. The molecule has 0 unspecified atom stereocenters. The Labute approximate surface area is 93.9 Å². The third-order valence-electron chi connectivity index (χ3n) is 2.86. The van der Waals surface area contributed by atoms with E-state index in [1.807, 2.05) is 0 Å². The monoisotopic (exact) mass is 262 g/mol. The van der Waals surface area contributed by atoms with Gasteiger partial charge in [0.2, 0.25) is 0 Å². The molecule has 0 aromatic carbocycles. The van der Waals surface area contributed by atoms with Gasteiger partial charge >= 0.3 is 94.2 Å². The molecule has 2 rings (SSSR count). The summed E-state index contributed by atoms with van der Waals surface area (Å²) in [5.74, 6) is 0. The van der Waals surface area contributed by atoms with E-state index in [0.29, 0.717) is 0 Å². The second-order valence-electron chi connectivity index (χ2n) is 4.18. The Morgan fingerprint density at radius 1 is 1.21 bits per heavy atom. The molecule has 0 N–H and O–H groups in total. The van der Waals surface area contributed by atoms with Crippen molar-refractivity contribution >= 4 is 4.21 Å². The van der Waals surface area contributed by atoms with Crippen LogP contribution >= 0.6 is 0 Å². The van der Waals surface area contributed by atoms with Gasteiger partial charge in [-0.2, -0.15) is 0 Å². The van der Waals surface area contributed by atoms with Crippen molar-refractivity contribution in [3.63, 3.8) is 0 Å². The van der Waals surface area contributed by atoms with E-state index in [-0.39, 0.29) is 0 Å². The molecule has 0 atom stereocenters. The van der Waals surface area contributed by atoms with Crippen molar-refractivity contribution in [2.24, 2.45) is 0 Å². The molecule has 0 saturated heterocycles. The van der Waals surface area contributed by atoms with Gasteiger partial charge in [0.05, 0.1) is 0 Å². The van der Waals surface area contributed by atoms with E-state index in [1.54, 1.807) is 6.56 Å². The van der Waals surface area contributed by atoms with E-state index in [4.69, 9.17) is 0 Å². The second-order valence-corrected chi connectivity index (χ2v) is 9.69. The van der Waals surface area contributed by atoms with Crippen molar-refractivity contribution in [1.29, 1.82) is 0 Å². The van der Waals surface area contributed by atoms with Crippen LogP contribution in [0.25, 0.3) is 0 Å². The summed E-state index contributed by atoms with van der Waals surface area (Å²) >= 11 is -1.60. The third kappa shape index (κ3) is 2.03. The van der Waals surface area contributed by atoms with Gasteiger partial charge < -0.3 is 0 Å². The molecule has 0 nitrogen and oxygen atoms in total. The Balaban J connectivity index is 2.09. The van der Waals surface area contributed by atoms with Crippen molar-refractivity contribution in [2.75, 3.05) is 0 Å². The van der Waals surface area contributed by atoms with Gasteiger partial charge in [-0.05, 0) is 0 Å². The van der Waals surface area contributed by atoms with Crippen LogP contribution < -0.4 is 0 Å². The molecule has 0 heterocycles. The number of hydrogen-bond acceptors (Lipinski definition) is 0. The molecule has 0 amide bonds. The Morgan fingerprint density at radius 3 is 2.50 bits per heavy atom. The standard InChI is InChI=1S/2C6H7.CH2.Zr/c2*1-6-4-2-3-5-6;;/h4-5H,2H2,1H3;2,4H,5H2,1H3;1H2;. The summed E-state index contributed by atoms with van der Waals surface area (Å²) in [6.07, 6.45) is 11.7. The number of hydrogen-bond donors (Lipinski definition) is 0. The van der Waals surface area contributed by atoms with Gasteiger partial charge in [-0.3, -0.25) is 0 Å². The molecular formula is C13H16Zr. The average Bonchev–Trinajstić information content (AvgIpc) is 2.73.